The van der Waals surface area contributed by atoms with E-state index in [1.165, 1.54) is 21.9 Å². The molecule has 1 aliphatic heterocycles. The van der Waals surface area contributed by atoms with Gasteiger partial charge in [-0.2, -0.15) is 0 Å². The Bertz CT molecular complexity index is 1470. The van der Waals surface area contributed by atoms with E-state index in [4.69, 9.17) is 11.6 Å². The van der Waals surface area contributed by atoms with Gasteiger partial charge in [0.25, 0.3) is 5.56 Å². The fraction of sp³-hybridized carbons (Fsp3) is 0.214. The van der Waals surface area contributed by atoms with Gasteiger partial charge in [0.15, 0.2) is 0 Å². The van der Waals surface area contributed by atoms with Crippen LogP contribution < -0.4 is 10.9 Å². The van der Waals surface area contributed by atoms with Crippen molar-refractivity contribution in [1.82, 2.24) is 4.57 Å². The molecule has 0 spiro atoms. The van der Waals surface area contributed by atoms with Crippen molar-refractivity contribution in [2.45, 2.75) is 36.2 Å². The number of amides is 1. The van der Waals surface area contributed by atoms with Gasteiger partial charge in [-0.25, -0.2) is 0 Å². The fourth-order valence-corrected chi connectivity index (χ4v) is 6.45. The molecule has 1 fully saturated rings. The van der Waals surface area contributed by atoms with E-state index in [9.17, 15) is 9.59 Å². The number of carbonyl (C=O) groups is 1. The number of rotatable bonds is 5. The molecule has 1 atom stereocenters. The van der Waals surface area contributed by atoms with E-state index in [0.29, 0.717) is 22.4 Å². The zero-order chi connectivity index (χ0) is 23.2. The zero-order valence-corrected chi connectivity index (χ0v) is 20.0. The summed E-state index contributed by atoms with van der Waals surface area (Å²) in [6, 6.07) is 23.0. The number of halogens is 1. The van der Waals surface area contributed by atoms with E-state index in [0.717, 1.165) is 29.9 Å². The van der Waals surface area contributed by atoms with Gasteiger partial charge in [-0.3, -0.25) is 14.2 Å². The van der Waals surface area contributed by atoms with Crippen molar-refractivity contribution in [3.8, 4) is 0 Å². The first kappa shape index (κ1) is 21.5. The number of pyridine rings is 1. The van der Waals surface area contributed by atoms with Crippen LogP contribution in [0, 0.1) is 0 Å². The SMILES string of the molecule is O=C(Nc1ccc(Cl)cc1)C1CSc2c(C3CC3)c(Cc3cccc4ccccc34)cc(=O)n21. The van der Waals surface area contributed by atoms with E-state index >= 15 is 0 Å². The first-order valence-corrected chi connectivity index (χ1v) is 12.9. The molecular formula is C28H23ClN2O2S. The third-order valence-corrected chi connectivity index (χ3v) is 8.11. The minimum Gasteiger partial charge on any atom is -0.324 e. The summed E-state index contributed by atoms with van der Waals surface area (Å²) in [6.45, 7) is 0. The Labute approximate surface area is 206 Å². The topological polar surface area (TPSA) is 51.1 Å². The van der Waals surface area contributed by atoms with Crippen LogP contribution in [-0.2, 0) is 11.2 Å². The number of nitrogens with one attached hydrogen (secondary N) is 1. The van der Waals surface area contributed by atoms with Gasteiger partial charge in [-0.05, 0) is 76.9 Å². The highest BCUT2D eigenvalue weighted by molar-refractivity contribution is 7.99. The van der Waals surface area contributed by atoms with E-state index < -0.39 is 6.04 Å². The van der Waals surface area contributed by atoms with E-state index in [1.807, 2.05) is 0 Å². The molecule has 1 aromatic heterocycles. The number of carbonyl (C=O) groups excluding carboxylic acids is 1. The highest BCUT2D eigenvalue weighted by Gasteiger charge is 2.37. The molecule has 34 heavy (non-hydrogen) atoms. The van der Waals surface area contributed by atoms with E-state index in [-0.39, 0.29) is 11.5 Å². The fourth-order valence-electron chi connectivity index (χ4n) is 4.90. The van der Waals surface area contributed by atoms with Crippen LogP contribution >= 0.6 is 23.4 Å². The van der Waals surface area contributed by atoms with Gasteiger partial charge >= 0.3 is 0 Å². The molecule has 4 aromatic rings. The Balaban J connectivity index is 1.37. The largest absolute Gasteiger partial charge is 0.324 e. The van der Waals surface area contributed by atoms with Gasteiger partial charge in [-0.15, -0.1) is 11.8 Å². The van der Waals surface area contributed by atoms with Crippen LogP contribution in [0.5, 0.6) is 0 Å². The summed E-state index contributed by atoms with van der Waals surface area (Å²) in [5.74, 6) is 0.864. The van der Waals surface area contributed by atoms with Gasteiger partial charge < -0.3 is 5.32 Å². The van der Waals surface area contributed by atoms with Crippen molar-refractivity contribution in [3.63, 3.8) is 0 Å². The van der Waals surface area contributed by atoms with Gasteiger partial charge in [0.05, 0.1) is 5.03 Å². The molecule has 1 unspecified atom stereocenters. The van der Waals surface area contributed by atoms with Gasteiger partial charge in [0.2, 0.25) is 5.91 Å². The molecule has 1 aliphatic carbocycles. The normalized spacial score (nSPS) is 17.0. The third-order valence-electron chi connectivity index (χ3n) is 6.68. The smallest absolute Gasteiger partial charge is 0.252 e. The van der Waals surface area contributed by atoms with Gasteiger partial charge in [0.1, 0.15) is 6.04 Å². The predicted octanol–water partition coefficient (Wildman–Crippen LogP) is 6.41. The lowest BCUT2D eigenvalue weighted by molar-refractivity contribution is -0.118. The number of thioether (sulfide) groups is 1. The summed E-state index contributed by atoms with van der Waals surface area (Å²) in [7, 11) is 0. The van der Waals surface area contributed by atoms with Crippen molar-refractivity contribution in [1.29, 1.82) is 0 Å². The maximum absolute atomic E-state index is 13.3. The molecule has 6 heteroatoms. The molecule has 0 saturated heterocycles. The number of anilines is 1. The minimum atomic E-state index is -0.521. The molecule has 1 amide bonds. The van der Waals surface area contributed by atoms with Crippen LogP contribution in [0.25, 0.3) is 10.8 Å². The molecule has 4 nitrogen and oxygen atoms in total. The number of hydrogen-bond acceptors (Lipinski definition) is 3. The molecule has 2 aliphatic rings. The summed E-state index contributed by atoms with van der Waals surface area (Å²) in [4.78, 5) is 26.5. The van der Waals surface area contributed by atoms with Gasteiger partial charge in [0, 0.05) is 22.5 Å². The Kier molecular flexibility index (Phi) is 5.47. The molecule has 0 radical (unpaired) electrons. The van der Waals surface area contributed by atoms with Crippen LogP contribution in [0.15, 0.2) is 82.6 Å². The highest BCUT2D eigenvalue weighted by Crippen LogP contribution is 2.48. The Morgan fingerprint density at radius 3 is 2.56 bits per heavy atom. The summed E-state index contributed by atoms with van der Waals surface area (Å²) >= 11 is 7.60. The second-order valence-corrected chi connectivity index (χ2v) is 10.5. The number of fused-ring (bicyclic) bond motifs is 2. The molecule has 1 saturated carbocycles. The lowest BCUT2D eigenvalue weighted by Crippen LogP contribution is -2.33. The Morgan fingerprint density at radius 1 is 1.00 bits per heavy atom. The summed E-state index contributed by atoms with van der Waals surface area (Å²) in [5.41, 5.74) is 4.16. The predicted molar refractivity (Wildman–Crippen MR) is 139 cm³/mol. The number of hydrogen-bond donors (Lipinski definition) is 1. The average molecular weight is 487 g/mol. The van der Waals surface area contributed by atoms with Crippen molar-refractivity contribution in [2.24, 2.45) is 0 Å². The van der Waals surface area contributed by atoms with Crippen LogP contribution in [0.4, 0.5) is 5.69 Å². The van der Waals surface area contributed by atoms with Crippen LogP contribution in [0.1, 0.15) is 41.5 Å². The van der Waals surface area contributed by atoms with Crippen LogP contribution in [0.2, 0.25) is 5.02 Å². The monoisotopic (exact) mass is 486 g/mol. The Morgan fingerprint density at radius 2 is 1.76 bits per heavy atom. The van der Waals surface area contributed by atoms with Crippen molar-refractivity contribution >= 4 is 45.7 Å². The molecule has 3 aromatic carbocycles. The summed E-state index contributed by atoms with van der Waals surface area (Å²) in [5, 5.41) is 6.97. The third kappa shape index (κ3) is 3.93. The molecule has 0 bridgehead atoms. The summed E-state index contributed by atoms with van der Waals surface area (Å²) < 4.78 is 1.72. The lowest BCUT2D eigenvalue weighted by Gasteiger charge is -2.18. The van der Waals surface area contributed by atoms with Crippen molar-refractivity contribution in [3.05, 3.63) is 105 Å². The van der Waals surface area contributed by atoms with Crippen LogP contribution in [-0.4, -0.2) is 16.2 Å². The number of benzene rings is 3. The number of nitrogens with zero attached hydrogens (tertiary/aromatic N) is 1. The first-order chi connectivity index (χ1) is 16.6. The van der Waals surface area contributed by atoms with E-state index in [1.54, 1.807) is 46.7 Å². The maximum Gasteiger partial charge on any atom is 0.252 e. The molecular weight excluding hydrogens is 464 g/mol. The minimum absolute atomic E-state index is 0.101. The quantitative estimate of drug-likeness (QED) is 0.354. The second kappa shape index (κ2) is 8.64. The molecule has 2 heterocycles. The average Bonchev–Trinajstić information content (AvgIpc) is 3.57. The molecule has 170 valence electrons. The maximum atomic E-state index is 13.3. The second-order valence-electron chi connectivity index (χ2n) is 9.01. The van der Waals surface area contributed by atoms with Crippen LogP contribution in [0.3, 0.4) is 0 Å². The number of aromatic nitrogens is 1. The lowest BCUT2D eigenvalue weighted by atomic mass is 9.95. The van der Waals surface area contributed by atoms with E-state index in [2.05, 4.69) is 47.8 Å². The molecule has 6 rings (SSSR count). The first-order valence-electron chi connectivity index (χ1n) is 11.5. The standard InChI is InChI=1S/C28H23ClN2O2S/c29-21-10-12-22(13-11-21)30-27(33)24-16-34-28-26(18-8-9-18)20(15-25(32)31(24)28)14-19-6-3-5-17-4-1-2-7-23(17)19/h1-7,10-13,15,18,24H,8-9,14,16H2,(H,30,33). The zero-order valence-electron chi connectivity index (χ0n) is 18.5. The Hall–Kier alpha value is -3.02. The van der Waals surface area contributed by atoms with Gasteiger partial charge in [-0.1, -0.05) is 54.1 Å². The van der Waals surface area contributed by atoms with Crippen molar-refractivity contribution in [2.75, 3.05) is 11.1 Å². The highest BCUT2D eigenvalue weighted by atomic mass is 35.5. The molecule has 1 N–H and O–H groups in total. The summed E-state index contributed by atoms with van der Waals surface area (Å²) in [6.07, 6.45) is 2.99. The van der Waals surface area contributed by atoms with Crippen molar-refractivity contribution < 1.29 is 4.79 Å².